The van der Waals surface area contributed by atoms with Crippen LogP contribution in [0.4, 0.5) is 11.4 Å². The molecule has 18 heavy (non-hydrogen) atoms. The molecule has 1 aromatic heterocycles. The molecule has 3 nitrogen and oxygen atoms in total. The van der Waals surface area contributed by atoms with Crippen molar-refractivity contribution in [2.24, 2.45) is 0 Å². The summed E-state index contributed by atoms with van der Waals surface area (Å²) in [5.74, 6) is 0. The van der Waals surface area contributed by atoms with Gasteiger partial charge in [0.15, 0.2) is 0 Å². The van der Waals surface area contributed by atoms with E-state index >= 15 is 0 Å². The predicted molar refractivity (Wildman–Crippen MR) is 76.4 cm³/mol. The Hall–Kier alpha value is -2.03. The second-order valence-electron chi connectivity index (χ2n) is 4.33. The van der Waals surface area contributed by atoms with Crippen LogP contribution in [0, 0.1) is 0 Å². The van der Waals surface area contributed by atoms with Gasteiger partial charge in [0.05, 0.1) is 0 Å². The van der Waals surface area contributed by atoms with E-state index in [1.165, 1.54) is 11.3 Å². The van der Waals surface area contributed by atoms with E-state index in [2.05, 4.69) is 22.9 Å². The molecule has 3 heteroatoms. The molecule has 0 aliphatic carbocycles. The van der Waals surface area contributed by atoms with Crippen LogP contribution in [0.3, 0.4) is 0 Å². The third-order valence-electron chi connectivity index (χ3n) is 2.94. The Morgan fingerprint density at radius 1 is 1.11 bits per heavy atom. The van der Waals surface area contributed by atoms with Crippen LogP contribution in [0.1, 0.15) is 18.9 Å². The van der Waals surface area contributed by atoms with Crippen LogP contribution in [-0.2, 0) is 6.54 Å². The first-order valence-electron chi connectivity index (χ1n) is 6.29. The van der Waals surface area contributed by atoms with E-state index in [1.54, 1.807) is 0 Å². The molecule has 2 N–H and O–H groups in total. The van der Waals surface area contributed by atoms with Gasteiger partial charge in [0, 0.05) is 36.9 Å². The molecular formula is C15H19N3. The molecule has 0 spiro atoms. The van der Waals surface area contributed by atoms with Crippen molar-refractivity contribution < 1.29 is 0 Å². The van der Waals surface area contributed by atoms with Crippen molar-refractivity contribution in [2.75, 3.05) is 17.2 Å². The third kappa shape index (κ3) is 3.00. The van der Waals surface area contributed by atoms with E-state index in [-0.39, 0.29) is 0 Å². The Kier molecular flexibility index (Phi) is 4.18. The van der Waals surface area contributed by atoms with Crippen LogP contribution in [0.5, 0.6) is 0 Å². The average Bonchev–Trinajstić information content (AvgIpc) is 2.42. The molecule has 1 aromatic carbocycles. The number of para-hydroxylation sites is 1. The monoisotopic (exact) mass is 241 g/mol. The number of nitrogens with two attached hydrogens (primary N) is 1. The van der Waals surface area contributed by atoms with Crippen LogP contribution in [-0.4, -0.2) is 11.5 Å². The standard InChI is InChI=1S/C15H19N3/c1-2-11-18(14-7-9-17-10-8-14)12-13-5-3-4-6-15(13)16/h3-10H,2,11-12,16H2,1H3. The lowest BCUT2D eigenvalue weighted by Gasteiger charge is -2.24. The number of pyridine rings is 1. The van der Waals surface area contributed by atoms with Crippen molar-refractivity contribution in [3.8, 4) is 0 Å². The highest BCUT2D eigenvalue weighted by atomic mass is 15.1. The number of benzene rings is 1. The summed E-state index contributed by atoms with van der Waals surface area (Å²) in [6.45, 7) is 4.03. The van der Waals surface area contributed by atoms with E-state index in [9.17, 15) is 0 Å². The third-order valence-corrected chi connectivity index (χ3v) is 2.94. The molecule has 0 saturated carbocycles. The van der Waals surface area contributed by atoms with Crippen molar-refractivity contribution in [1.82, 2.24) is 4.98 Å². The first-order valence-corrected chi connectivity index (χ1v) is 6.29. The second kappa shape index (κ2) is 6.05. The van der Waals surface area contributed by atoms with Crippen molar-refractivity contribution in [1.29, 1.82) is 0 Å². The smallest absolute Gasteiger partial charge is 0.0449 e. The zero-order valence-electron chi connectivity index (χ0n) is 10.7. The Balaban J connectivity index is 2.19. The Labute approximate surface area is 108 Å². The number of hydrogen-bond donors (Lipinski definition) is 1. The lowest BCUT2D eigenvalue weighted by molar-refractivity contribution is 0.767. The molecule has 2 aromatic rings. The normalized spacial score (nSPS) is 10.3. The first kappa shape index (κ1) is 12.4. The van der Waals surface area contributed by atoms with Gasteiger partial charge < -0.3 is 10.6 Å². The van der Waals surface area contributed by atoms with Gasteiger partial charge in [-0.2, -0.15) is 0 Å². The number of rotatable bonds is 5. The maximum atomic E-state index is 6.00. The zero-order chi connectivity index (χ0) is 12.8. The fourth-order valence-electron chi connectivity index (χ4n) is 2.01. The van der Waals surface area contributed by atoms with E-state index in [1.807, 2.05) is 42.7 Å². The van der Waals surface area contributed by atoms with Gasteiger partial charge in [-0.3, -0.25) is 4.98 Å². The van der Waals surface area contributed by atoms with Gasteiger partial charge in [0.2, 0.25) is 0 Å². The highest BCUT2D eigenvalue weighted by Crippen LogP contribution is 2.19. The fourth-order valence-corrected chi connectivity index (χ4v) is 2.01. The Morgan fingerprint density at radius 3 is 2.50 bits per heavy atom. The highest BCUT2D eigenvalue weighted by Gasteiger charge is 2.07. The van der Waals surface area contributed by atoms with Crippen molar-refractivity contribution in [3.05, 3.63) is 54.4 Å². The minimum absolute atomic E-state index is 0.838. The summed E-state index contributed by atoms with van der Waals surface area (Å²) in [5, 5.41) is 0. The average molecular weight is 241 g/mol. The molecule has 1 heterocycles. The number of aromatic nitrogens is 1. The van der Waals surface area contributed by atoms with Gasteiger partial charge in [-0.05, 0) is 30.2 Å². The van der Waals surface area contributed by atoms with Crippen LogP contribution < -0.4 is 10.6 Å². The van der Waals surface area contributed by atoms with Crippen LogP contribution in [0.2, 0.25) is 0 Å². The number of nitrogen functional groups attached to an aromatic ring is 1. The molecule has 0 atom stereocenters. The largest absolute Gasteiger partial charge is 0.398 e. The maximum absolute atomic E-state index is 6.00. The van der Waals surface area contributed by atoms with Crippen LogP contribution in [0.25, 0.3) is 0 Å². The first-order chi connectivity index (χ1) is 8.81. The zero-order valence-corrected chi connectivity index (χ0v) is 10.7. The van der Waals surface area contributed by atoms with Crippen molar-refractivity contribution in [3.63, 3.8) is 0 Å². The van der Waals surface area contributed by atoms with Gasteiger partial charge in [-0.1, -0.05) is 25.1 Å². The number of hydrogen-bond acceptors (Lipinski definition) is 3. The maximum Gasteiger partial charge on any atom is 0.0449 e. The quantitative estimate of drug-likeness (QED) is 0.818. The molecule has 94 valence electrons. The molecule has 0 saturated heterocycles. The van der Waals surface area contributed by atoms with E-state index in [0.717, 1.165) is 25.2 Å². The second-order valence-corrected chi connectivity index (χ2v) is 4.33. The van der Waals surface area contributed by atoms with Crippen LogP contribution >= 0.6 is 0 Å². The summed E-state index contributed by atoms with van der Waals surface area (Å²) in [6, 6.07) is 12.1. The summed E-state index contributed by atoms with van der Waals surface area (Å²) >= 11 is 0. The molecule has 2 rings (SSSR count). The summed E-state index contributed by atoms with van der Waals surface area (Å²) in [4.78, 5) is 6.39. The highest BCUT2D eigenvalue weighted by molar-refractivity contribution is 5.51. The lowest BCUT2D eigenvalue weighted by atomic mass is 10.1. The van der Waals surface area contributed by atoms with Crippen molar-refractivity contribution in [2.45, 2.75) is 19.9 Å². The fraction of sp³-hybridized carbons (Fsp3) is 0.267. The van der Waals surface area contributed by atoms with Gasteiger partial charge >= 0.3 is 0 Å². The number of anilines is 2. The summed E-state index contributed by atoms with van der Waals surface area (Å²) in [5.41, 5.74) is 9.22. The van der Waals surface area contributed by atoms with Gasteiger partial charge in [-0.25, -0.2) is 0 Å². The molecule has 0 aliphatic heterocycles. The Morgan fingerprint density at radius 2 is 1.83 bits per heavy atom. The minimum atomic E-state index is 0.838. The SMILES string of the molecule is CCCN(Cc1ccccc1N)c1ccncc1. The Bertz CT molecular complexity index is 482. The molecule has 0 aliphatic rings. The number of nitrogens with zero attached hydrogens (tertiary/aromatic N) is 2. The predicted octanol–water partition coefficient (Wildman–Crippen LogP) is 3.08. The molecule has 0 bridgehead atoms. The van der Waals surface area contributed by atoms with Gasteiger partial charge in [-0.15, -0.1) is 0 Å². The van der Waals surface area contributed by atoms with E-state index in [4.69, 9.17) is 5.73 Å². The van der Waals surface area contributed by atoms with Crippen molar-refractivity contribution >= 4 is 11.4 Å². The summed E-state index contributed by atoms with van der Waals surface area (Å²) in [7, 11) is 0. The molecule has 0 radical (unpaired) electrons. The minimum Gasteiger partial charge on any atom is -0.398 e. The van der Waals surface area contributed by atoms with Crippen LogP contribution in [0.15, 0.2) is 48.8 Å². The van der Waals surface area contributed by atoms with Gasteiger partial charge in [0.1, 0.15) is 0 Å². The van der Waals surface area contributed by atoms with E-state index in [0.29, 0.717) is 0 Å². The van der Waals surface area contributed by atoms with E-state index < -0.39 is 0 Å². The molecular weight excluding hydrogens is 222 g/mol. The lowest BCUT2D eigenvalue weighted by Crippen LogP contribution is -2.23. The topological polar surface area (TPSA) is 42.1 Å². The summed E-state index contributed by atoms with van der Waals surface area (Å²) < 4.78 is 0. The molecule has 0 fully saturated rings. The summed E-state index contributed by atoms with van der Waals surface area (Å²) in [6.07, 6.45) is 4.76. The van der Waals surface area contributed by atoms with Gasteiger partial charge in [0.25, 0.3) is 0 Å². The molecule has 0 amide bonds. The molecule has 0 unspecified atom stereocenters.